The molecule has 0 radical (unpaired) electrons. The van der Waals surface area contributed by atoms with Gasteiger partial charge in [0.15, 0.2) is 5.11 Å². The van der Waals surface area contributed by atoms with Crippen molar-refractivity contribution in [1.29, 1.82) is 5.26 Å². The van der Waals surface area contributed by atoms with E-state index in [1.165, 1.54) is 12.1 Å². The van der Waals surface area contributed by atoms with Gasteiger partial charge in [-0.3, -0.25) is 4.90 Å². The maximum atomic E-state index is 13.5. The van der Waals surface area contributed by atoms with Crippen molar-refractivity contribution in [2.45, 2.75) is 37.9 Å². The molecule has 2 aromatic carbocycles. The first-order valence-corrected chi connectivity index (χ1v) is 9.87. The van der Waals surface area contributed by atoms with Gasteiger partial charge in [0.1, 0.15) is 4.99 Å². The Hall–Kier alpha value is -2.50. The van der Waals surface area contributed by atoms with Gasteiger partial charge in [0.05, 0.1) is 22.7 Å². The Morgan fingerprint density at radius 2 is 1.66 bits per heavy atom. The van der Waals surface area contributed by atoms with Gasteiger partial charge in [-0.05, 0) is 68.7 Å². The van der Waals surface area contributed by atoms with Crippen LogP contribution in [0.2, 0.25) is 0 Å². The van der Waals surface area contributed by atoms with Crippen LogP contribution in [0.25, 0.3) is 0 Å². The summed E-state index contributed by atoms with van der Waals surface area (Å²) in [6.45, 7) is 1.98. The van der Waals surface area contributed by atoms with Gasteiger partial charge in [0, 0.05) is 11.4 Å². The number of hydrogen-bond donors (Lipinski definition) is 0. The summed E-state index contributed by atoms with van der Waals surface area (Å²) in [5, 5.41) is 9.42. The molecule has 0 atom stereocenters. The molecule has 0 N–H and O–H groups in total. The molecule has 3 nitrogen and oxygen atoms in total. The van der Waals surface area contributed by atoms with E-state index in [9.17, 15) is 13.2 Å². The standard InChI is InChI=1S/C21H16F3N3S2/c1-13-3-6-15(7-4-13)27-19(29)26(18(28)20(27)9-2-10-20)16-8-5-14(12-25)17(11-16)21(22,23)24/h3-8,11H,2,9-10H2,1H3. The first-order chi connectivity index (χ1) is 13.7. The average Bonchev–Trinajstić information content (AvgIpc) is 2.88. The second-order valence-corrected chi connectivity index (χ2v) is 8.07. The van der Waals surface area contributed by atoms with Gasteiger partial charge in [-0.1, -0.05) is 29.9 Å². The summed E-state index contributed by atoms with van der Waals surface area (Å²) in [5.41, 5.74) is 0.295. The average molecular weight is 432 g/mol. The summed E-state index contributed by atoms with van der Waals surface area (Å²) in [5.74, 6) is 0. The molecule has 29 heavy (non-hydrogen) atoms. The van der Waals surface area contributed by atoms with E-state index in [4.69, 9.17) is 29.7 Å². The molecule has 2 aliphatic rings. The molecule has 0 unspecified atom stereocenters. The van der Waals surface area contributed by atoms with E-state index in [0.717, 1.165) is 36.6 Å². The summed E-state index contributed by atoms with van der Waals surface area (Å²) < 4.78 is 40.4. The summed E-state index contributed by atoms with van der Waals surface area (Å²) in [6.07, 6.45) is -2.09. The van der Waals surface area contributed by atoms with Gasteiger partial charge in [0.2, 0.25) is 0 Å². The molecule has 0 amide bonds. The molecule has 4 rings (SSSR count). The summed E-state index contributed by atoms with van der Waals surface area (Å²) in [4.78, 5) is 4.02. The zero-order valence-corrected chi connectivity index (χ0v) is 17.1. The summed E-state index contributed by atoms with van der Waals surface area (Å²) in [7, 11) is 0. The van der Waals surface area contributed by atoms with Gasteiger partial charge >= 0.3 is 6.18 Å². The van der Waals surface area contributed by atoms with E-state index >= 15 is 0 Å². The lowest BCUT2D eigenvalue weighted by Crippen LogP contribution is -2.54. The van der Waals surface area contributed by atoms with Crippen molar-refractivity contribution in [2.75, 3.05) is 9.80 Å². The number of anilines is 2. The number of hydrogen-bond acceptors (Lipinski definition) is 3. The van der Waals surface area contributed by atoms with E-state index in [2.05, 4.69) is 0 Å². The number of nitrogens with zero attached hydrogens (tertiary/aromatic N) is 3. The molecular formula is C21H16F3N3S2. The van der Waals surface area contributed by atoms with Crippen LogP contribution < -0.4 is 9.80 Å². The van der Waals surface area contributed by atoms with Crippen molar-refractivity contribution < 1.29 is 13.2 Å². The molecule has 0 bridgehead atoms. The van der Waals surface area contributed by atoms with Crippen LogP contribution in [0.15, 0.2) is 42.5 Å². The van der Waals surface area contributed by atoms with E-state index in [1.54, 1.807) is 11.0 Å². The van der Waals surface area contributed by atoms with Crippen LogP contribution in [0, 0.1) is 18.3 Å². The monoisotopic (exact) mass is 431 g/mol. The fourth-order valence-electron chi connectivity index (χ4n) is 3.91. The van der Waals surface area contributed by atoms with Crippen LogP contribution in [0.1, 0.15) is 36.0 Å². The first-order valence-electron chi connectivity index (χ1n) is 9.06. The minimum Gasteiger partial charge on any atom is -0.306 e. The summed E-state index contributed by atoms with van der Waals surface area (Å²) in [6, 6.07) is 13.1. The highest BCUT2D eigenvalue weighted by atomic mass is 32.1. The lowest BCUT2D eigenvalue weighted by molar-refractivity contribution is -0.137. The summed E-state index contributed by atoms with van der Waals surface area (Å²) >= 11 is 11.4. The van der Waals surface area contributed by atoms with Gasteiger partial charge in [-0.15, -0.1) is 0 Å². The highest BCUT2D eigenvalue weighted by molar-refractivity contribution is 7.83. The molecule has 2 aromatic rings. The Balaban J connectivity index is 1.82. The molecular weight excluding hydrogens is 415 g/mol. The lowest BCUT2D eigenvalue weighted by atomic mass is 9.75. The Kier molecular flexibility index (Phi) is 4.63. The SMILES string of the molecule is Cc1ccc(N2C(=S)N(c3ccc(C#N)c(C(F)(F)F)c3)C(=S)C23CCC3)cc1. The molecule has 1 saturated heterocycles. The number of thiocarbonyl (C=S) groups is 2. The Bertz CT molecular complexity index is 1050. The number of rotatable bonds is 2. The number of nitriles is 1. The predicted molar refractivity (Wildman–Crippen MR) is 114 cm³/mol. The van der Waals surface area contributed by atoms with Crippen LogP contribution in [-0.2, 0) is 6.18 Å². The van der Waals surface area contributed by atoms with E-state index in [0.29, 0.717) is 10.1 Å². The largest absolute Gasteiger partial charge is 0.417 e. The van der Waals surface area contributed by atoms with Crippen molar-refractivity contribution >= 4 is 45.9 Å². The van der Waals surface area contributed by atoms with Crippen molar-refractivity contribution in [2.24, 2.45) is 0 Å². The van der Waals surface area contributed by atoms with Crippen LogP contribution in [0.3, 0.4) is 0 Å². The third kappa shape index (κ3) is 3.00. The number of benzene rings is 2. The Labute approximate surface area is 177 Å². The highest BCUT2D eigenvalue weighted by Gasteiger charge is 2.56. The van der Waals surface area contributed by atoms with Crippen LogP contribution >= 0.6 is 24.4 Å². The van der Waals surface area contributed by atoms with Crippen molar-refractivity contribution in [3.63, 3.8) is 0 Å². The molecule has 1 spiro atoms. The predicted octanol–water partition coefficient (Wildman–Crippen LogP) is 5.75. The van der Waals surface area contributed by atoms with E-state index in [1.807, 2.05) is 36.1 Å². The number of alkyl halides is 3. The van der Waals surface area contributed by atoms with Gasteiger partial charge < -0.3 is 4.90 Å². The number of aryl methyl sites for hydroxylation is 1. The molecule has 148 valence electrons. The minimum atomic E-state index is -4.64. The third-order valence-corrected chi connectivity index (χ3v) is 6.50. The van der Waals surface area contributed by atoms with Crippen LogP contribution in [0.5, 0.6) is 0 Å². The van der Waals surface area contributed by atoms with Crippen LogP contribution in [0.4, 0.5) is 24.5 Å². The zero-order chi connectivity index (χ0) is 21.0. The Morgan fingerprint density at radius 1 is 1.03 bits per heavy atom. The maximum Gasteiger partial charge on any atom is 0.417 e. The van der Waals surface area contributed by atoms with Gasteiger partial charge in [0.25, 0.3) is 0 Å². The third-order valence-electron chi connectivity index (χ3n) is 5.57. The normalized spacial score (nSPS) is 18.2. The molecule has 1 aliphatic carbocycles. The van der Waals surface area contributed by atoms with E-state index < -0.39 is 22.8 Å². The second kappa shape index (κ2) is 6.78. The smallest absolute Gasteiger partial charge is 0.306 e. The fourth-order valence-corrected chi connectivity index (χ4v) is 4.93. The highest BCUT2D eigenvalue weighted by Crippen LogP contribution is 2.49. The Morgan fingerprint density at radius 3 is 2.17 bits per heavy atom. The molecule has 1 saturated carbocycles. The molecule has 2 fully saturated rings. The molecule has 8 heteroatoms. The molecule has 1 aliphatic heterocycles. The van der Waals surface area contributed by atoms with Crippen LogP contribution in [-0.4, -0.2) is 15.6 Å². The minimum absolute atomic E-state index is 0.229. The van der Waals surface area contributed by atoms with Crippen molar-refractivity contribution in [1.82, 2.24) is 0 Å². The lowest BCUT2D eigenvalue weighted by Gasteiger charge is -2.44. The molecule has 0 aromatic heterocycles. The maximum absolute atomic E-state index is 13.5. The zero-order valence-electron chi connectivity index (χ0n) is 15.5. The van der Waals surface area contributed by atoms with Crippen molar-refractivity contribution in [3.05, 3.63) is 59.2 Å². The molecule has 1 heterocycles. The number of halogens is 3. The quantitative estimate of drug-likeness (QED) is 0.565. The topological polar surface area (TPSA) is 30.3 Å². The fraction of sp³-hybridized carbons (Fsp3) is 0.286. The van der Waals surface area contributed by atoms with Gasteiger partial charge in [-0.25, -0.2) is 0 Å². The van der Waals surface area contributed by atoms with Gasteiger partial charge in [-0.2, -0.15) is 18.4 Å². The first kappa shape index (κ1) is 19.8. The second-order valence-electron chi connectivity index (χ2n) is 7.32. The van der Waals surface area contributed by atoms with E-state index in [-0.39, 0.29) is 5.69 Å². The van der Waals surface area contributed by atoms with Crippen molar-refractivity contribution in [3.8, 4) is 6.07 Å².